The molecule has 1 saturated carbocycles. The summed E-state index contributed by atoms with van der Waals surface area (Å²) in [6, 6.07) is 7.11. The maximum absolute atomic E-state index is 12.8. The average molecular weight is 367 g/mol. The maximum atomic E-state index is 12.8. The number of hydrogen-bond donors (Lipinski definition) is 1. The molecule has 144 valence electrons. The number of aromatic nitrogens is 2. The Morgan fingerprint density at radius 3 is 2.41 bits per heavy atom. The second kappa shape index (κ2) is 8.51. The predicted octanol–water partition coefficient (Wildman–Crippen LogP) is 4.66. The van der Waals surface area contributed by atoms with Gasteiger partial charge >= 0.3 is 0 Å². The Bertz CT molecular complexity index is 815. The largest absolute Gasteiger partial charge is 0.326 e. The van der Waals surface area contributed by atoms with E-state index >= 15 is 0 Å². The predicted molar refractivity (Wildman–Crippen MR) is 107 cm³/mol. The normalized spacial score (nSPS) is 14.9. The highest BCUT2D eigenvalue weighted by Gasteiger charge is 2.21. The molecular formula is C22H29N3O2. The van der Waals surface area contributed by atoms with E-state index in [2.05, 4.69) is 17.3 Å². The number of anilines is 1. The Morgan fingerprint density at radius 2 is 1.78 bits per heavy atom. The molecule has 1 N–H and O–H groups in total. The van der Waals surface area contributed by atoms with Crippen LogP contribution in [0.2, 0.25) is 0 Å². The first-order valence-corrected chi connectivity index (χ1v) is 10.0. The summed E-state index contributed by atoms with van der Waals surface area (Å²) in [5, 5.41) is 7.42. The molecule has 1 amide bonds. The quantitative estimate of drug-likeness (QED) is 0.836. The number of aryl methyl sites for hydroxylation is 1. The lowest BCUT2D eigenvalue weighted by molar-refractivity contribution is -0.120. The Balaban J connectivity index is 1.70. The van der Waals surface area contributed by atoms with Gasteiger partial charge in [0.25, 0.3) is 5.91 Å². The monoisotopic (exact) mass is 367 g/mol. The van der Waals surface area contributed by atoms with Crippen molar-refractivity contribution in [2.45, 2.75) is 65.7 Å². The van der Waals surface area contributed by atoms with Crippen molar-refractivity contribution in [3.8, 4) is 0 Å². The van der Waals surface area contributed by atoms with Gasteiger partial charge in [0.15, 0.2) is 0 Å². The van der Waals surface area contributed by atoms with Crippen LogP contribution in [-0.2, 0) is 11.2 Å². The smallest absolute Gasteiger partial charge is 0.278 e. The third-order valence-corrected chi connectivity index (χ3v) is 5.51. The minimum atomic E-state index is -0.136. The molecule has 0 aliphatic heterocycles. The van der Waals surface area contributed by atoms with Crippen molar-refractivity contribution in [2.75, 3.05) is 5.32 Å². The Hall–Kier alpha value is -2.43. The van der Waals surface area contributed by atoms with Gasteiger partial charge in [-0.1, -0.05) is 32.6 Å². The standard InChI is InChI=1S/C22H29N3O2/c1-4-8-20-15(2)24-25(16(20)3)22(27)18-11-13-19(14-12-18)23-21(26)17-9-6-5-7-10-17/h11-14,17H,4-10H2,1-3H3,(H,23,26). The summed E-state index contributed by atoms with van der Waals surface area (Å²) in [5.41, 5.74) is 4.29. The summed E-state index contributed by atoms with van der Waals surface area (Å²) in [7, 11) is 0. The zero-order valence-corrected chi connectivity index (χ0v) is 16.5. The molecule has 0 saturated heterocycles. The van der Waals surface area contributed by atoms with Crippen LogP contribution >= 0.6 is 0 Å². The molecule has 5 nitrogen and oxygen atoms in total. The van der Waals surface area contributed by atoms with Crippen molar-refractivity contribution in [2.24, 2.45) is 5.92 Å². The topological polar surface area (TPSA) is 64.0 Å². The van der Waals surface area contributed by atoms with Crippen LogP contribution in [0.5, 0.6) is 0 Å². The molecule has 0 bridgehead atoms. The molecule has 1 aliphatic carbocycles. The minimum absolute atomic E-state index is 0.0940. The van der Waals surface area contributed by atoms with Gasteiger partial charge < -0.3 is 5.32 Å². The molecular weight excluding hydrogens is 338 g/mol. The first-order valence-electron chi connectivity index (χ1n) is 10.0. The fourth-order valence-electron chi connectivity index (χ4n) is 3.91. The first-order chi connectivity index (χ1) is 13.0. The van der Waals surface area contributed by atoms with Gasteiger partial charge in [-0.2, -0.15) is 5.10 Å². The second-order valence-corrected chi connectivity index (χ2v) is 7.52. The molecule has 0 unspecified atom stereocenters. The van der Waals surface area contributed by atoms with Gasteiger partial charge in [0.1, 0.15) is 0 Å². The summed E-state index contributed by atoms with van der Waals surface area (Å²) in [6.45, 7) is 6.02. The molecule has 0 spiro atoms. The lowest BCUT2D eigenvalue weighted by Crippen LogP contribution is -2.24. The van der Waals surface area contributed by atoms with Crippen molar-refractivity contribution in [1.82, 2.24) is 9.78 Å². The number of rotatable bonds is 5. The summed E-state index contributed by atoms with van der Waals surface area (Å²) in [6.07, 6.45) is 7.39. The zero-order valence-electron chi connectivity index (χ0n) is 16.5. The van der Waals surface area contributed by atoms with Gasteiger partial charge in [0.2, 0.25) is 5.91 Å². The molecule has 0 atom stereocenters. The van der Waals surface area contributed by atoms with Crippen LogP contribution in [0.25, 0.3) is 0 Å². The molecule has 0 radical (unpaired) electrons. The summed E-state index contributed by atoms with van der Waals surface area (Å²) in [5.74, 6) is 0.0754. The first kappa shape index (κ1) is 19.3. The number of nitrogens with one attached hydrogen (secondary N) is 1. The number of hydrogen-bond acceptors (Lipinski definition) is 3. The summed E-state index contributed by atoms with van der Waals surface area (Å²) < 4.78 is 1.50. The molecule has 1 heterocycles. The Kier molecular flexibility index (Phi) is 6.09. The van der Waals surface area contributed by atoms with Gasteiger partial charge in [-0.15, -0.1) is 0 Å². The molecule has 5 heteroatoms. The third-order valence-electron chi connectivity index (χ3n) is 5.51. The molecule has 1 aromatic carbocycles. The van der Waals surface area contributed by atoms with Crippen LogP contribution in [0.3, 0.4) is 0 Å². The van der Waals surface area contributed by atoms with Crippen LogP contribution in [0, 0.1) is 19.8 Å². The van der Waals surface area contributed by atoms with Crippen LogP contribution in [-0.4, -0.2) is 21.6 Å². The van der Waals surface area contributed by atoms with E-state index < -0.39 is 0 Å². The minimum Gasteiger partial charge on any atom is -0.326 e. The lowest BCUT2D eigenvalue weighted by atomic mass is 9.88. The lowest BCUT2D eigenvalue weighted by Gasteiger charge is -2.20. The van der Waals surface area contributed by atoms with E-state index in [0.29, 0.717) is 5.56 Å². The third kappa shape index (κ3) is 4.29. The van der Waals surface area contributed by atoms with Crippen molar-refractivity contribution < 1.29 is 9.59 Å². The van der Waals surface area contributed by atoms with Crippen molar-refractivity contribution in [3.63, 3.8) is 0 Å². The molecule has 1 fully saturated rings. The van der Waals surface area contributed by atoms with E-state index in [1.165, 1.54) is 11.1 Å². The van der Waals surface area contributed by atoms with Gasteiger partial charge in [0, 0.05) is 22.9 Å². The highest BCUT2D eigenvalue weighted by molar-refractivity contribution is 5.97. The number of benzene rings is 1. The SMILES string of the molecule is CCCc1c(C)nn(C(=O)c2ccc(NC(=O)C3CCCCC3)cc2)c1C. The fraction of sp³-hybridized carbons (Fsp3) is 0.500. The van der Waals surface area contributed by atoms with Crippen molar-refractivity contribution >= 4 is 17.5 Å². The number of carbonyl (C=O) groups excluding carboxylic acids is 2. The molecule has 1 aromatic heterocycles. The fourth-order valence-corrected chi connectivity index (χ4v) is 3.91. The average Bonchev–Trinajstić information content (AvgIpc) is 2.97. The number of carbonyl (C=O) groups is 2. The zero-order chi connectivity index (χ0) is 19.4. The second-order valence-electron chi connectivity index (χ2n) is 7.52. The van der Waals surface area contributed by atoms with Crippen LogP contribution in [0.4, 0.5) is 5.69 Å². The Morgan fingerprint density at radius 1 is 1.11 bits per heavy atom. The van der Waals surface area contributed by atoms with E-state index in [0.717, 1.165) is 61.2 Å². The highest BCUT2D eigenvalue weighted by Crippen LogP contribution is 2.25. The van der Waals surface area contributed by atoms with Crippen molar-refractivity contribution in [3.05, 3.63) is 46.8 Å². The van der Waals surface area contributed by atoms with Gasteiger partial charge in [0.05, 0.1) is 5.69 Å². The van der Waals surface area contributed by atoms with Crippen LogP contribution < -0.4 is 5.32 Å². The van der Waals surface area contributed by atoms with Gasteiger partial charge in [-0.05, 0) is 62.9 Å². The maximum Gasteiger partial charge on any atom is 0.278 e. The molecule has 27 heavy (non-hydrogen) atoms. The van der Waals surface area contributed by atoms with Crippen molar-refractivity contribution in [1.29, 1.82) is 0 Å². The number of nitrogens with zero attached hydrogens (tertiary/aromatic N) is 2. The summed E-state index contributed by atoms with van der Waals surface area (Å²) in [4.78, 5) is 25.2. The number of amides is 1. The van der Waals surface area contributed by atoms with E-state index in [1.807, 2.05) is 13.8 Å². The van der Waals surface area contributed by atoms with E-state index in [-0.39, 0.29) is 17.7 Å². The van der Waals surface area contributed by atoms with E-state index in [9.17, 15) is 9.59 Å². The van der Waals surface area contributed by atoms with Crippen LogP contribution in [0.15, 0.2) is 24.3 Å². The Labute approximate surface area is 161 Å². The molecule has 1 aliphatic rings. The van der Waals surface area contributed by atoms with E-state index in [1.54, 1.807) is 24.3 Å². The summed E-state index contributed by atoms with van der Waals surface area (Å²) >= 11 is 0. The highest BCUT2D eigenvalue weighted by atomic mass is 16.2. The van der Waals surface area contributed by atoms with Crippen LogP contribution in [0.1, 0.15) is 72.8 Å². The van der Waals surface area contributed by atoms with Gasteiger partial charge in [-0.3, -0.25) is 9.59 Å². The van der Waals surface area contributed by atoms with Gasteiger partial charge in [-0.25, -0.2) is 4.68 Å². The molecule has 3 rings (SSSR count). The molecule has 2 aromatic rings. The van der Waals surface area contributed by atoms with E-state index in [4.69, 9.17) is 0 Å².